The molecule has 1 heterocycles. The van der Waals surface area contributed by atoms with Gasteiger partial charge >= 0.3 is 0 Å². The summed E-state index contributed by atoms with van der Waals surface area (Å²) in [6, 6.07) is 2.66. The predicted octanol–water partition coefficient (Wildman–Crippen LogP) is 1.71. The van der Waals surface area contributed by atoms with Crippen molar-refractivity contribution < 1.29 is 0 Å². The predicted molar refractivity (Wildman–Crippen MR) is 65.0 cm³/mol. The summed E-state index contributed by atoms with van der Waals surface area (Å²) < 4.78 is 0. The molecule has 0 N–H and O–H groups in total. The zero-order chi connectivity index (χ0) is 11.8. The van der Waals surface area contributed by atoms with Gasteiger partial charge in [-0.1, -0.05) is 13.8 Å². The summed E-state index contributed by atoms with van der Waals surface area (Å²) >= 11 is 0. The van der Waals surface area contributed by atoms with E-state index in [0.717, 1.165) is 32.6 Å². The maximum atomic E-state index is 9.67. The highest BCUT2D eigenvalue weighted by Gasteiger charge is 2.53. The molecule has 2 rings (SSSR count). The first-order valence-electron chi connectivity index (χ1n) is 6.37. The van der Waals surface area contributed by atoms with Gasteiger partial charge in [-0.25, -0.2) is 0 Å². The smallest absolute Gasteiger partial charge is 0.114 e. The lowest BCUT2D eigenvalue weighted by Gasteiger charge is -2.47. The van der Waals surface area contributed by atoms with Gasteiger partial charge in [0, 0.05) is 26.2 Å². The lowest BCUT2D eigenvalue weighted by molar-refractivity contribution is 0.0174. The largest absolute Gasteiger partial charge is 0.304 e. The number of nitrogens with zero attached hydrogens (tertiary/aromatic N) is 3. The molecule has 0 aromatic rings. The summed E-state index contributed by atoms with van der Waals surface area (Å²) in [4.78, 5) is 4.80. The third-order valence-corrected chi connectivity index (χ3v) is 4.69. The van der Waals surface area contributed by atoms with Crippen LogP contribution in [0.4, 0.5) is 0 Å². The minimum absolute atomic E-state index is 0.150. The van der Waals surface area contributed by atoms with Crippen LogP contribution in [0.2, 0.25) is 0 Å². The molecule has 1 unspecified atom stereocenters. The van der Waals surface area contributed by atoms with E-state index in [-0.39, 0.29) is 11.0 Å². The van der Waals surface area contributed by atoms with Gasteiger partial charge < -0.3 is 4.90 Å². The van der Waals surface area contributed by atoms with Crippen LogP contribution in [0.15, 0.2) is 0 Å². The Hall–Kier alpha value is -0.590. The molecule has 2 fully saturated rings. The number of piperazine rings is 1. The van der Waals surface area contributed by atoms with Crippen LogP contribution in [0.25, 0.3) is 0 Å². The van der Waals surface area contributed by atoms with Crippen molar-refractivity contribution in [1.29, 1.82) is 5.26 Å². The second kappa shape index (κ2) is 4.01. The lowest BCUT2D eigenvalue weighted by Crippen LogP contribution is -2.60. The van der Waals surface area contributed by atoms with E-state index in [0.29, 0.717) is 0 Å². The highest BCUT2D eigenvalue weighted by molar-refractivity contribution is 5.19. The van der Waals surface area contributed by atoms with E-state index in [2.05, 4.69) is 36.8 Å². The van der Waals surface area contributed by atoms with E-state index in [9.17, 15) is 5.26 Å². The van der Waals surface area contributed by atoms with Crippen molar-refractivity contribution in [3.8, 4) is 6.07 Å². The monoisotopic (exact) mass is 221 g/mol. The fraction of sp³-hybridized carbons (Fsp3) is 0.923. The van der Waals surface area contributed by atoms with Gasteiger partial charge in [-0.3, -0.25) is 4.90 Å². The molecule has 0 radical (unpaired) electrons. The Morgan fingerprint density at radius 1 is 1.06 bits per heavy atom. The topological polar surface area (TPSA) is 30.3 Å². The average Bonchev–Trinajstić information content (AvgIpc) is 2.55. The molecule has 1 saturated carbocycles. The van der Waals surface area contributed by atoms with Crippen molar-refractivity contribution in [3.05, 3.63) is 0 Å². The average molecular weight is 221 g/mol. The molecule has 1 atom stereocenters. The van der Waals surface area contributed by atoms with E-state index in [1.807, 2.05) is 0 Å². The summed E-state index contributed by atoms with van der Waals surface area (Å²) in [6.45, 7) is 8.82. The third-order valence-electron chi connectivity index (χ3n) is 4.69. The Labute approximate surface area is 99.0 Å². The minimum Gasteiger partial charge on any atom is -0.304 e. The van der Waals surface area contributed by atoms with Crippen LogP contribution in [0.3, 0.4) is 0 Å². The first-order chi connectivity index (χ1) is 7.52. The van der Waals surface area contributed by atoms with Gasteiger partial charge in [0.25, 0.3) is 0 Å². The normalized spacial score (nSPS) is 36.1. The summed E-state index contributed by atoms with van der Waals surface area (Å²) in [5.41, 5.74) is -0.0497. The van der Waals surface area contributed by atoms with Gasteiger partial charge in [0.05, 0.1) is 6.07 Å². The standard InChI is InChI=1S/C13H23N3/c1-12(2)5-4-6-13(12,11-14)16-9-7-15(3)8-10-16/h4-10H2,1-3H3. The number of likely N-dealkylation sites (N-methyl/N-ethyl adjacent to an activating group) is 1. The highest BCUT2D eigenvalue weighted by atomic mass is 15.3. The second-order valence-electron chi connectivity index (χ2n) is 6.00. The third kappa shape index (κ3) is 1.65. The van der Waals surface area contributed by atoms with E-state index in [1.54, 1.807) is 0 Å². The molecule has 16 heavy (non-hydrogen) atoms. The molecule has 0 bridgehead atoms. The maximum absolute atomic E-state index is 9.67. The Bertz CT molecular complexity index is 297. The highest BCUT2D eigenvalue weighted by Crippen LogP contribution is 2.49. The fourth-order valence-electron chi connectivity index (χ4n) is 3.38. The van der Waals surface area contributed by atoms with Crippen LogP contribution in [0.5, 0.6) is 0 Å². The first-order valence-corrected chi connectivity index (χ1v) is 6.37. The van der Waals surface area contributed by atoms with Gasteiger partial charge in [0.2, 0.25) is 0 Å². The van der Waals surface area contributed by atoms with Gasteiger partial charge in [-0.15, -0.1) is 0 Å². The minimum atomic E-state index is -0.200. The van der Waals surface area contributed by atoms with Crippen LogP contribution >= 0.6 is 0 Å². The summed E-state index contributed by atoms with van der Waals surface area (Å²) in [7, 11) is 2.16. The molecule has 1 aliphatic heterocycles. The van der Waals surface area contributed by atoms with Crippen molar-refractivity contribution in [2.45, 2.75) is 38.6 Å². The molecule has 3 nitrogen and oxygen atoms in total. The molecule has 1 aliphatic carbocycles. The molecule has 2 aliphatic rings. The SMILES string of the molecule is CN1CCN(C2(C#N)CCCC2(C)C)CC1. The number of hydrogen-bond acceptors (Lipinski definition) is 3. The zero-order valence-electron chi connectivity index (χ0n) is 10.8. The van der Waals surface area contributed by atoms with Crippen molar-refractivity contribution in [2.24, 2.45) is 5.41 Å². The number of hydrogen-bond donors (Lipinski definition) is 0. The van der Waals surface area contributed by atoms with E-state index in [4.69, 9.17) is 0 Å². The van der Waals surface area contributed by atoms with Crippen molar-refractivity contribution in [2.75, 3.05) is 33.2 Å². The van der Waals surface area contributed by atoms with Gasteiger partial charge in [0.15, 0.2) is 0 Å². The Kier molecular flexibility index (Phi) is 2.98. The van der Waals surface area contributed by atoms with Crippen molar-refractivity contribution in [1.82, 2.24) is 9.80 Å². The lowest BCUT2D eigenvalue weighted by atomic mass is 9.74. The van der Waals surface area contributed by atoms with Crippen LogP contribution in [0.1, 0.15) is 33.1 Å². The van der Waals surface area contributed by atoms with Crippen molar-refractivity contribution >= 4 is 0 Å². The Morgan fingerprint density at radius 3 is 2.12 bits per heavy atom. The van der Waals surface area contributed by atoms with Gasteiger partial charge in [0.1, 0.15) is 5.54 Å². The summed E-state index contributed by atoms with van der Waals surface area (Å²) in [5, 5.41) is 9.67. The number of nitriles is 1. The second-order valence-corrected chi connectivity index (χ2v) is 6.00. The van der Waals surface area contributed by atoms with E-state index < -0.39 is 0 Å². The van der Waals surface area contributed by atoms with Crippen LogP contribution in [0, 0.1) is 16.7 Å². The number of rotatable bonds is 1. The first kappa shape index (κ1) is 11.9. The van der Waals surface area contributed by atoms with Gasteiger partial charge in [-0.2, -0.15) is 5.26 Å². The molecule has 1 saturated heterocycles. The summed E-state index contributed by atoms with van der Waals surface area (Å²) in [6.07, 6.45) is 3.44. The molecular weight excluding hydrogens is 198 g/mol. The quantitative estimate of drug-likeness (QED) is 0.675. The molecule has 0 aromatic heterocycles. The molecule has 0 amide bonds. The molecule has 3 heteroatoms. The maximum Gasteiger partial charge on any atom is 0.114 e. The molecule has 90 valence electrons. The fourth-order valence-corrected chi connectivity index (χ4v) is 3.38. The van der Waals surface area contributed by atoms with Crippen LogP contribution in [-0.4, -0.2) is 48.6 Å². The van der Waals surface area contributed by atoms with Crippen LogP contribution in [-0.2, 0) is 0 Å². The Morgan fingerprint density at radius 2 is 1.69 bits per heavy atom. The Balaban J connectivity index is 2.20. The van der Waals surface area contributed by atoms with Crippen molar-refractivity contribution in [3.63, 3.8) is 0 Å². The molecular formula is C13H23N3. The van der Waals surface area contributed by atoms with E-state index in [1.165, 1.54) is 12.8 Å². The summed E-state index contributed by atoms with van der Waals surface area (Å²) in [5.74, 6) is 0. The van der Waals surface area contributed by atoms with E-state index >= 15 is 0 Å². The molecule has 0 spiro atoms. The zero-order valence-corrected chi connectivity index (χ0v) is 10.8. The van der Waals surface area contributed by atoms with Crippen LogP contribution < -0.4 is 0 Å². The molecule has 0 aromatic carbocycles. The van der Waals surface area contributed by atoms with Gasteiger partial charge in [-0.05, 0) is 31.7 Å².